The molecule has 0 fully saturated rings. The molecule has 0 amide bonds. The minimum atomic E-state index is -1.09. The fourth-order valence-corrected chi connectivity index (χ4v) is 1.25. The summed E-state index contributed by atoms with van der Waals surface area (Å²) in [6.07, 6.45) is 0. The molecule has 0 saturated heterocycles. The lowest BCUT2D eigenvalue weighted by Gasteiger charge is -2.11. The normalized spacial score (nSPS) is 11.3. The van der Waals surface area contributed by atoms with Crippen LogP contribution in [0.2, 0.25) is 0 Å². The number of rotatable bonds is 4. The van der Waals surface area contributed by atoms with E-state index < -0.39 is 23.5 Å². The first-order valence-electron chi connectivity index (χ1n) is 5.34. The topological polar surface area (TPSA) is 82.1 Å². The summed E-state index contributed by atoms with van der Waals surface area (Å²) in [6.45, 7) is 1.75. The van der Waals surface area contributed by atoms with Crippen molar-refractivity contribution in [2.75, 3.05) is 14.2 Å². The van der Waals surface area contributed by atoms with Gasteiger partial charge in [-0.15, -0.1) is 0 Å². The van der Waals surface area contributed by atoms with Crippen molar-refractivity contribution >= 4 is 11.9 Å². The summed E-state index contributed by atoms with van der Waals surface area (Å²) in [5.74, 6) is -3.32. The van der Waals surface area contributed by atoms with Gasteiger partial charge in [0.05, 0.1) is 14.2 Å². The molecule has 0 heterocycles. The van der Waals surface area contributed by atoms with Crippen LogP contribution in [0.5, 0.6) is 5.75 Å². The minimum Gasteiger partial charge on any atom is -0.499 e. The number of carbonyl (C=O) groups excluding carboxylic acids is 2. The van der Waals surface area contributed by atoms with E-state index in [1.54, 1.807) is 31.2 Å². The van der Waals surface area contributed by atoms with Crippen molar-refractivity contribution in [3.05, 3.63) is 41.3 Å². The lowest BCUT2D eigenvalue weighted by molar-refractivity contribution is -0.143. The van der Waals surface area contributed by atoms with Crippen LogP contribution in [-0.2, 0) is 19.1 Å². The molecule has 0 aliphatic rings. The lowest BCUT2D eigenvalue weighted by atomic mass is 10.2. The molecular formula is C13H14O6. The van der Waals surface area contributed by atoms with Gasteiger partial charge in [-0.25, -0.2) is 9.59 Å². The maximum atomic E-state index is 11.5. The van der Waals surface area contributed by atoms with Gasteiger partial charge in [-0.2, -0.15) is 0 Å². The Kier molecular flexibility index (Phi) is 4.93. The predicted octanol–water partition coefficient (Wildman–Crippen LogP) is 1.49. The van der Waals surface area contributed by atoms with E-state index in [4.69, 9.17) is 4.74 Å². The van der Waals surface area contributed by atoms with E-state index in [-0.39, 0.29) is 0 Å². The average Bonchev–Trinajstić information content (AvgIpc) is 2.44. The van der Waals surface area contributed by atoms with Crippen molar-refractivity contribution < 1.29 is 28.9 Å². The van der Waals surface area contributed by atoms with Crippen molar-refractivity contribution in [2.45, 2.75) is 6.92 Å². The van der Waals surface area contributed by atoms with Crippen LogP contribution in [0.3, 0.4) is 0 Å². The Balaban J connectivity index is 3.17. The molecule has 0 spiro atoms. The van der Waals surface area contributed by atoms with Gasteiger partial charge in [0.15, 0.2) is 0 Å². The smallest absolute Gasteiger partial charge is 0.378 e. The van der Waals surface area contributed by atoms with Crippen LogP contribution in [-0.4, -0.2) is 31.3 Å². The summed E-state index contributed by atoms with van der Waals surface area (Å²) in [5, 5.41) is 9.61. The van der Waals surface area contributed by atoms with Gasteiger partial charge in [0.2, 0.25) is 0 Å². The number of ether oxygens (including phenoxy) is 3. The predicted molar refractivity (Wildman–Crippen MR) is 65.5 cm³/mol. The second-order valence-electron chi connectivity index (χ2n) is 3.53. The number of benzene rings is 1. The highest BCUT2D eigenvalue weighted by atomic mass is 16.6. The molecule has 6 heteroatoms. The van der Waals surface area contributed by atoms with Crippen molar-refractivity contribution in [1.82, 2.24) is 0 Å². The van der Waals surface area contributed by atoms with Gasteiger partial charge >= 0.3 is 11.9 Å². The number of methoxy groups -OCH3 is 2. The van der Waals surface area contributed by atoms with E-state index in [2.05, 4.69) is 9.47 Å². The van der Waals surface area contributed by atoms with Crippen molar-refractivity contribution in [3.63, 3.8) is 0 Å². The third-order valence-corrected chi connectivity index (χ3v) is 2.27. The molecule has 0 bridgehead atoms. The number of hydrogen-bond donors (Lipinski definition) is 1. The summed E-state index contributed by atoms with van der Waals surface area (Å²) < 4.78 is 14.0. The summed E-state index contributed by atoms with van der Waals surface area (Å²) >= 11 is 0. The molecule has 0 atom stereocenters. The number of aliphatic hydroxyl groups is 1. The fourth-order valence-electron chi connectivity index (χ4n) is 1.25. The summed E-state index contributed by atoms with van der Waals surface area (Å²) in [7, 11) is 2.18. The first-order valence-corrected chi connectivity index (χ1v) is 5.34. The molecule has 0 unspecified atom stereocenters. The Morgan fingerprint density at radius 3 is 2.16 bits per heavy atom. The second kappa shape index (κ2) is 6.44. The lowest BCUT2D eigenvalue weighted by Crippen LogP contribution is -2.19. The third-order valence-electron chi connectivity index (χ3n) is 2.27. The Bertz CT molecular complexity index is 518. The molecular weight excluding hydrogens is 252 g/mol. The van der Waals surface area contributed by atoms with E-state index in [9.17, 15) is 14.7 Å². The molecule has 1 aromatic carbocycles. The van der Waals surface area contributed by atoms with Crippen molar-refractivity contribution in [1.29, 1.82) is 0 Å². The molecule has 1 rings (SSSR count). The van der Waals surface area contributed by atoms with Crippen LogP contribution in [0, 0.1) is 6.92 Å². The van der Waals surface area contributed by atoms with Crippen molar-refractivity contribution in [3.8, 4) is 5.75 Å². The van der Waals surface area contributed by atoms with Crippen LogP contribution in [0.4, 0.5) is 0 Å². The van der Waals surface area contributed by atoms with E-state index in [0.29, 0.717) is 5.75 Å². The number of para-hydroxylation sites is 1. The molecule has 0 saturated carbocycles. The third kappa shape index (κ3) is 3.48. The van der Waals surface area contributed by atoms with Gasteiger partial charge in [-0.05, 0) is 18.6 Å². The Hall–Kier alpha value is -2.50. The Morgan fingerprint density at radius 1 is 1.05 bits per heavy atom. The first-order chi connectivity index (χ1) is 9.01. The van der Waals surface area contributed by atoms with E-state index in [1.165, 1.54) is 0 Å². The minimum absolute atomic E-state index is 0.318. The molecule has 0 aliphatic heterocycles. The molecule has 0 aliphatic carbocycles. The van der Waals surface area contributed by atoms with Crippen molar-refractivity contribution in [2.24, 2.45) is 0 Å². The van der Waals surface area contributed by atoms with Gasteiger partial charge in [0.1, 0.15) is 5.75 Å². The standard InChI is InChI=1S/C13H14O6/c1-8-6-4-5-7-9(8)19-11(13(16)18-3)10(14)12(15)17-2/h4-7,14H,1-3H3/b11-10-. The zero-order chi connectivity index (χ0) is 14.4. The highest BCUT2D eigenvalue weighted by molar-refractivity contribution is 5.97. The maximum absolute atomic E-state index is 11.5. The van der Waals surface area contributed by atoms with Gasteiger partial charge in [0.25, 0.3) is 11.5 Å². The van der Waals surface area contributed by atoms with Crippen LogP contribution in [0.25, 0.3) is 0 Å². The maximum Gasteiger partial charge on any atom is 0.378 e. The molecule has 19 heavy (non-hydrogen) atoms. The summed E-state index contributed by atoms with van der Waals surface area (Å²) in [5.41, 5.74) is 0.724. The van der Waals surface area contributed by atoms with Gasteiger partial charge in [-0.1, -0.05) is 18.2 Å². The quantitative estimate of drug-likeness (QED) is 0.505. The molecule has 6 nitrogen and oxygen atoms in total. The molecule has 0 aromatic heterocycles. The molecule has 1 aromatic rings. The van der Waals surface area contributed by atoms with Gasteiger partial charge in [-0.3, -0.25) is 0 Å². The van der Waals surface area contributed by atoms with Crippen LogP contribution < -0.4 is 4.74 Å². The van der Waals surface area contributed by atoms with E-state index in [1.807, 2.05) is 0 Å². The van der Waals surface area contributed by atoms with E-state index in [0.717, 1.165) is 19.8 Å². The molecule has 0 radical (unpaired) electrons. The van der Waals surface area contributed by atoms with Gasteiger partial charge < -0.3 is 19.3 Å². The molecule has 102 valence electrons. The second-order valence-corrected chi connectivity index (χ2v) is 3.53. The average molecular weight is 266 g/mol. The Morgan fingerprint density at radius 2 is 1.63 bits per heavy atom. The zero-order valence-corrected chi connectivity index (χ0v) is 10.8. The monoisotopic (exact) mass is 266 g/mol. The highest BCUT2D eigenvalue weighted by Crippen LogP contribution is 2.21. The SMILES string of the molecule is COC(=O)/C(O)=C(/Oc1ccccc1C)C(=O)OC. The molecule has 1 N–H and O–H groups in total. The Labute approximate surface area is 110 Å². The highest BCUT2D eigenvalue weighted by Gasteiger charge is 2.25. The van der Waals surface area contributed by atoms with Gasteiger partial charge in [0, 0.05) is 0 Å². The summed E-state index contributed by atoms with van der Waals surface area (Å²) in [4.78, 5) is 22.7. The number of aryl methyl sites for hydroxylation is 1. The zero-order valence-electron chi connectivity index (χ0n) is 10.8. The first kappa shape index (κ1) is 14.6. The van der Waals surface area contributed by atoms with Crippen LogP contribution >= 0.6 is 0 Å². The van der Waals surface area contributed by atoms with Crippen LogP contribution in [0.15, 0.2) is 35.8 Å². The largest absolute Gasteiger partial charge is 0.499 e. The number of esters is 2. The van der Waals surface area contributed by atoms with E-state index >= 15 is 0 Å². The van der Waals surface area contributed by atoms with Crippen LogP contribution in [0.1, 0.15) is 5.56 Å². The number of aliphatic hydroxyl groups excluding tert-OH is 1. The summed E-state index contributed by atoms with van der Waals surface area (Å²) in [6, 6.07) is 6.80. The number of carbonyl (C=O) groups is 2. The fraction of sp³-hybridized carbons (Fsp3) is 0.231. The number of hydrogen-bond acceptors (Lipinski definition) is 6.